The minimum absolute atomic E-state index is 0.125. The highest BCUT2D eigenvalue weighted by molar-refractivity contribution is 9.10. The van der Waals surface area contributed by atoms with E-state index in [9.17, 15) is 4.79 Å². The van der Waals surface area contributed by atoms with E-state index in [1.807, 2.05) is 45.0 Å². The van der Waals surface area contributed by atoms with Gasteiger partial charge in [0, 0.05) is 9.89 Å². The number of carbonyl (C=O) groups is 1. The first kappa shape index (κ1) is 16.0. The number of aromatic nitrogens is 2. The summed E-state index contributed by atoms with van der Waals surface area (Å²) in [6, 6.07) is 7.63. The van der Waals surface area contributed by atoms with E-state index in [-0.39, 0.29) is 11.1 Å². The summed E-state index contributed by atoms with van der Waals surface area (Å²) in [7, 11) is 1.31. The average Bonchev–Trinajstić information content (AvgIpc) is 2.75. The smallest absolute Gasteiger partial charge is 0.360 e. The number of nitrogens with zero attached hydrogens (tertiary/aromatic N) is 2. The zero-order chi connectivity index (χ0) is 15.8. The van der Waals surface area contributed by atoms with Crippen molar-refractivity contribution in [3.05, 3.63) is 45.1 Å². The van der Waals surface area contributed by atoms with Crippen LogP contribution in [0.15, 0.2) is 28.7 Å². The van der Waals surface area contributed by atoms with Crippen LogP contribution in [0, 0.1) is 0 Å². The van der Waals surface area contributed by atoms with Crippen LogP contribution in [0.2, 0.25) is 5.02 Å². The molecule has 0 unspecified atom stereocenters. The predicted octanol–water partition coefficient (Wildman–Crippen LogP) is 4.37. The summed E-state index contributed by atoms with van der Waals surface area (Å²) in [6.07, 6.45) is 0. The summed E-state index contributed by atoms with van der Waals surface area (Å²) in [5.74, 6) is -0.545. The molecule has 21 heavy (non-hydrogen) atoms. The summed E-state index contributed by atoms with van der Waals surface area (Å²) in [5, 5.41) is 4.68. The van der Waals surface area contributed by atoms with Crippen LogP contribution in [0.4, 0.5) is 0 Å². The molecule has 1 heterocycles. The Hall–Kier alpha value is -1.33. The maximum absolute atomic E-state index is 11.8. The fourth-order valence-electron chi connectivity index (χ4n) is 2.07. The quantitative estimate of drug-likeness (QED) is 0.736. The van der Waals surface area contributed by atoms with Crippen molar-refractivity contribution in [3.63, 3.8) is 0 Å². The third kappa shape index (κ3) is 2.99. The number of ether oxygens (including phenoxy) is 1. The van der Waals surface area contributed by atoms with Gasteiger partial charge in [-0.25, -0.2) is 9.48 Å². The molecule has 0 aliphatic rings. The maximum atomic E-state index is 11.8. The number of esters is 1. The van der Waals surface area contributed by atoms with Gasteiger partial charge in [-0.2, -0.15) is 5.10 Å². The molecule has 0 radical (unpaired) electrons. The Morgan fingerprint density at radius 1 is 1.33 bits per heavy atom. The van der Waals surface area contributed by atoms with Gasteiger partial charge in [0.2, 0.25) is 0 Å². The minimum Gasteiger partial charge on any atom is -0.464 e. The molecule has 112 valence electrons. The molecule has 0 fully saturated rings. The van der Waals surface area contributed by atoms with Crippen LogP contribution in [0.1, 0.15) is 37.0 Å². The van der Waals surface area contributed by atoms with E-state index < -0.39 is 5.97 Å². The standard InChI is InChI=1S/C15H16BrClN2O2/c1-15(2,3)13-11(17)12(14(20)21-4)18-19(13)10-8-6-5-7-9(10)16/h5-8H,1-4H3. The van der Waals surface area contributed by atoms with Gasteiger partial charge in [-0.1, -0.05) is 44.5 Å². The Kier molecular flexibility index (Phi) is 4.44. The monoisotopic (exact) mass is 370 g/mol. The Balaban J connectivity index is 2.77. The summed E-state index contributed by atoms with van der Waals surface area (Å²) >= 11 is 9.89. The second-order valence-electron chi connectivity index (χ2n) is 5.62. The predicted molar refractivity (Wildman–Crippen MR) is 86.3 cm³/mol. The molecule has 1 aromatic heterocycles. The van der Waals surface area contributed by atoms with Crippen molar-refractivity contribution in [2.45, 2.75) is 26.2 Å². The molecule has 0 aliphatic carbocycles. The van der Waals surface area contributed by atoms with Crippen molar-refractivity contribution < 1.29 is 9.53 Å². The molecule has 0 aliphatic heterocycles. The molecular formula is C15H16BrClN2O2. The second kappa shape index (κ2) is 5.81. The molecule has 0 atom stereocenters. The highest BCUT2D eigenvalue weighted by atomic mass is 79.9. The third-order valence-corrected chi connectivity index (χ3v) is 4.03. The number of benzene rings is 1. The van der Waals surface area contributed by atoms with Crippen LogP contribution in [0.3, 0.4) is 0 Å². The Morgan fingerprint density at radius 2 is 1.95 bits per heavy atom. The molecule has 0 N–H and O–H groups in total. The first-order valence-corrected chi connectivity index (χ1v) is 7.56. The average molecular weight is 372 g/mol. The normalized spacial score (nSPS) is 11.5. The highest BCUT2D eigenvalue weighted by Gasteiger charge is 2.30. The number of halogens is 2. The molecule has 0 saturated heterocycles. The van der Waals surface area contributed by atoms with Gasteiger partial charge in [-0.15, -0.1) is 0 Å². The Morgan fingerprint density at radius 3 is 2.48 bits per heavy atom. The summed E-state index contributed by atoms with van der Waals surface area (Å²) < 4.78 is 7.31. The highest BCUT2D eigenvalue weighted by Crippen LogP contribution is 2.35. The van der Waals surface area contributed by atoms with Crippen LogP contribution in [0.25, 0.3) is 5.69 Å². The minimum atomic E-state index is -0.545. The van der Waals surface area contributed by atoms with E-state index in [4.69, 9.17) is 16.3 Å². The zero-order valence-corrected chi connectivity index (χ0v) is 14.6. The fourth-order valence-corrected chi connectivity index (χ4v) is 3.00. The van der Waals surface area contributed by atoms with Gasteiger partial charge in [0.25, 0.3) is 0 Å². The lowest BCUT2D eigenvalue weighted by Crippen LogP contribution is -2.18. The van der Waals surface area contributed by atoms with Gasteiger partial charge in [-0.05, 0) is 28.1 Å². The molecule has 2 rings (SSSR count). The van der Waals surface area contributed by atoms with Crippen LogP contribution in [-0.4, -0.2) is 22.9 Å². The van der Waals surface area contributed by atoms with Crippen molar-refractivity contribution >= 4 is 33.5 Å². The van der Waals surface area contributed by atoms with E-state index in [2.05, 4.69) is 21.0 Å². The van der Waals surface area contributed by atoms with Crippen LogP contribution < -0.4 is 0 Å². The lowest BCUT2D eigenvalue weighted by molar-refractivity contribution is 0.0593. The number of hydrogen-bond acceptors (Lipinski definition) is 3. The third-order valence-electron chi connectivity index (χ3n) is 3.00. The summed E-state index contributed by atoms with van der Waals surface area (Å²) in [5.41, 5.74) is 1.42. The van der Waals surface area contributed by atoms with Crippen LogP contribution >= 0.6 is 27.5 Å². The van der Waals surface area contributed by atoms with E-state index in [1.54, 1.807) is 4.68 Å². The first-order chi connectivity index (χ1) is 9.77. The molecule has 0 amide bonds. The van der Waals surface area contributed by atoms with Gasteiger partial charge in [-0.3, -0.25) is 0 Å². The van der Waals surface area contributed by atoms with E-state index in [0.29, 0.717) is 5.02 Å². The first-order valence-electron chi connectivity index (χ1n) is 6.39. The number of methoxy groups -OCH3 is 1. The van der Waals surface area contributed by atoms with E-state index in [0.717, 1.165) is 15.9 Å². The molecule has 1 aromatic carbocycles. The van der Waals surface area contributed by atoms with Crippen LogP contribution in [-0.2, 0) is 10.2 Å². The SMILES string of the molecule is COC(=O)c1nn(-c2ccccc2Br)c(C(C)(C)C)c1Cl. The van der Waals surface area contributed by atoms with E-state index in [1.165, 1.54) is 7.11 Å². The molecule has 2 aromatic rings. The van der Waals surface area contributed by atoms with Crippen LogP contribution in [0.5, 0.6) is 0 Å². The number of hydrogen-bond donors (Lipinski definition) is 0. The molecular weight excluding hydrogens is 356 g/mol. The molecule has 0 spiro atoms. The van der Waals surface area contributed by atoms with Crippen molar-refractivity contribution in [2.75, 3.05) is 7.11 Å². The number of carbonyl (C=O) groups excluding carboxylic acids is 1. The Bertz CT molecular complexity index is 689. The number of para-hydroxylation sites is 1. The molecule has 6 heteroatoms. The lowest BCUT2D eigenvalue weighted by Gasteiger charge is -2.21. The number of rotatable bonds is 2. The second-order valence-corrected chi connectivity index (χ2v) is 6.85. The van der Waals surface area contributed by atoms with Gasteiger partial charge in [0.15, 0.2) is 5.69 Å². The molecule has 0 saturated carbocycles. The van der Waals surface area contributed by atoms with Crippen molar-refractivity contribution in [2.24, 2.45) is 0 Å². The van der Waals surface area contributed by atoms with Crippen molar-refractivity contribution in [1.29, 1.82) is 0 Å². The largest absolute Gasteiger partial charge is 0.464 e. The van der Waals surface area contributed by atoms with Gasteiger partial charge < -0.3 is 4.74 Å². The molecule has 4 nitrogen and oxygen atoms in total. The van der Waals surface area contributed by atoms with Crippen molar-refractivity contribution in [3.8, 4) is 5.69 Å². The van der Waals surface area contributed by atoms with Gasteiger partial charge in [0.05, 0.1) is 23.5 Å². The van der Waals surface area contributed by atoms with Crippen molar-refractivity contribution in [1.82, 2.24) is 9.78 Å². The summed E-state index contributed by atoms with van der Waals surface area (Å²) in [6.45, 7) is 6.05. The fraction of sp³-hybridized carbons (Fsp3) is 0.333. The van der Waals surface area contributed by atoms with Gasteiger partial charge >= 0.3 is 5.97 Å². The topological polar surface area (TPSA) is 44.1 Å². The summed E-state index contributed by atoms with van der Waals surface area (Å²) in [4.78, 5) is 11.8. The van der Waals surface area contributed by atoms with E-state index >= 15 is 0 Å². The molecule has 0 bridgehead atoms. The van der Waals surface area contributed by atoms with Gasteiger partial charge in [0.1, 0.15) is 0 Å². The maximum Gasteiger partial charge on any atom is 0.360 e. The Labute approximate surface area is 137 Å². The zero-order valence-electron chi connectivity index (χ0n) is 12.3. The lowest BCUT2D eigenvalue weighted by atomic mass is 9.91.